The summed E-state index contributed by atoms with van der Waals surface area (Å²) in [6.07, 6.45) is 3.46. The number of carbonyl (C=O) groups excluding carboxylic acids is 1. The lowest BCUT2D eigenvalue weighted by Crippen LogP contribution is -2.51. The molecular formula is C16H22FNO. The van der Waals surface area contributed by atoms with Crippen LogP contribution in [0.3, 0.4) is 0 Å². The van der Waals surface area contributed by atoms with Crippen molar-refractivity contribution in [2.75, 3.05) is 13.1 Å². The lowest BCUT2D eigenvalue weighted by atomic mass is 9.87. The molecule has 0 N–H and O–H groups in total. The van der Waals surface area contributed by atoms with Crippen molar-refractivity contribution in [2.24, 2.45) is 0 Å². The van der Waals surface area contributed by atoms with Gasteiger partial charge in [-0.15, -0.1) is 0 Å². The SMILES string of the molecule is CCC(C)(C(=O)Cc1cccc(F)c1)N1CCCC1. The Kier molecular flexibility index (Phi) is 4.35. The van der Waals surface area contributed by atoms with E-state index >= 15 is 0 Å². The summed E-state index contributed by atoms with van der Waals surface area (Å²) in [7, 11) is 0. The Morgan fingerprint density at radius 1 is 1.37 bits per heavy atom. The van der Waals surface area contributed by atoms with Crippen LogP contribution in [-0.4, -0.2) is 29.3 Å². The van der Waals surface area contributed by atoms with Crippen LogP contribution in [0.4, 0.5) is 4.39 Å². The second-order valence-corrected chi connectivity index (χ2v) is 5.55. The van der Waals surface area contributed by atoms with Gasteiger partial charge in [0.2, 0.25) is 0 Å². The topological polar surface area (TPSA) is 20.3 Å². The van der Waals surface area contributed by atoms with Crippen LogP contribution in [0.25, 0.3) is 0 Å². The molecule has 1 saturated heterocycles. The molecule has 2 nitrogen and oxygen atoms in total. The van der Waals surface area contributed by atoms with Gasteiger partial charge in [0.1, 0.15) is 5.82 Å². The van der Waals surface area contributed by atoms with Crippen LogP contribution in [0.2, 0.25) is 0 Å². The first kappa shape index (κ1) is 14.2. The summed E-state index contributed by atoms with van der Waals surface area (Å²) in [5, 5.41) is 0. The highest BCUT2D eigenvalue weighted by Crippen LogP contribution is 2.27. The van der Waals surface area contributed by atoms with Crippen molar-refractivity contribution in [3.63, 3.8) is 0 Å². The van der Waals surface area contributed by atoms with Crippen molar-refractivity contribution >= 4 is 5.78 Å². The van der Waals surface area contributed by atoms with Gasteiger partial charge in [0.25, 0.3) is 0 Å². The van der Waals surface area contributed by atoms with E-state index in [4.69, 9.17) is 0 Å². The molecule has 2 rings (SSSR count). The van der Waals surface area contributed by atoms with E-state index in [1.54, 1.807) is 6.07 Å². The van der Waals surface area contributed by atoms with Crippen molar-refractivity contribution in [3.05, 3.63) is 35.6 Å². The summed E-state index contributed by atoms with van der Waals surface area (Å²) in [4.78, 5) is 14.9. The fourth-order valence-corrected chi connectivity index (χ4v) is 2.83. The second-order valence-electron chi connectivity index (χ2n) is 5.55. The molecule has 1 aromatic carbocycles. The number of hydrogen-bond donors (Lipinski definition) is 0. The van der Waals surface area contributed by atoms with Crippen LogP contribution in [0.5, 0.6) is 0 Å². The van der Waals surface area contributed by atoms with Crippen molar-refractivity contribution in [3.8, 4) is 0 Å². The maximum Gasteiger partial charge on any atom is 0.157 e. The Bertz CT molecular complexity index is 454. The fourth-order valence-electron chi connectivity index (χ4n) is 2.83. The van der Waals surface area contributed by atoms with Gasteiger partial charge >= 0.3 is 0 Å². The Balaban J connectivity index is 2.12. The first-order chi connectivity index (χ1) is 9.06. The van der Waals surface area contributed by atoms with E-state index in [0.29, 0.717) is 6.42 Å². The van der Waals surface area contributed by atoms with E-state index in [9.17, 15) is 9.18 Å². The number of Topliss-reactive ketones (excluding diaryl/α,β-unsaturated/α-hetero) is 1. The predicted molar refractivity (Wildman–Crippen MR) is 74.6 cm³/mol. The number of likely N-dealkylation sites (tertiary alicyclic amines) is 1. The molecule has 0 aliphatic carbocycles. The summed E-state index contributed by atoms with van der Waals surface area (Å²) in [6, 6.07) is 6.35. The van der Waals surface area contributed by atoms with E-state index in [1.807, 2.05) is 13.0 Å². The number of benzene rings is 1. The van der Waals surface area contributed by atoms with Gasteiger partial charge in [0, 0.05) is 6.42 Å². The second kappa shape index (κ2) is 5.83. The van der Waals surface area contributed by atoms with Gasteiger partial charge in [-0.3, -0.25) is 9.69 Å². The van der Waals surface area contributed by atoms with Crippen LogP contribution in [0.15, 0.2) is 24.3 Å². The molecule has 1 atom stereocenters. The standard InChI is InChI=1S/C16H22FNO/c1-3-16(2,18-9-4-5-10-18)15(19)12-13-7-6-8-14(17)11-13/h6-8,11H,3-5,9-10,12H2,1-2H3. The highest BCUT2D eigenvalue weighted by molar-refractivity contribution is 5.89. The Morgan fingerprint density at radius 3 is 2.63 bits per heavy atom. The average molecular weight is 263 g/mol. The third-order valence-electron chi connectivity index (χ3n) is 4.35. The van der Waals surface area contributed by atoms with E-state index in [2.05, 4.69) is 11.8 Å². The summed E-state index contributed by atoms with van der Waals surface area (Å²) in [6.45, 7) is 6.08. The zero-order valence-electron chi connectivity index (χ0n) is 11.8. The molecule has 1 unspecified atom stereocenters. The van der Waals surface area contributed by atoms with Crippen LogP contribution >= 0.6 is 0 Å². The quantitative estimate of drug-likeness (QED) is 0.813. The monoisotopic (exact) mass is 263 g/mol. The molecule has 19 heavy (non-hydrogen) atoms. The van der Waals surface area contributed by atoms with E-state index in [1.165, 1.54) is 25.0 Å². The Hall–Kier alpha value is -1.22. The molecule has 3 heteroatoms. The van der Waals surface area contributed by atoms with E-state index in [-0.39, 0.29) is 11.6 Å². The third-order valence-corrected chi connectivity index (χ3v) is 4.35. The first-order valence-corrected chi connectivity index (χ1v) is 7.09. The maximum absolute atomic E-state index is 13.2. The lowest BCUT2D eigenvalue weighted by molar-refractivity contribution is -0.129. The predicted octanol–water partition coefficient (Wildman–Crippen LogP) is 3.20. The maximum atomic E-state index is 13.2. The smallest absolute Gasteiger partial charge is 0.157 e. The fraction of sp³-hybridized carbons (Fsp3) is 0.562. The molecule has 1 heterocycles. The van der Waals surface area contributed by atoms with Crippen molar-refractivity contribution < 1.29 is 9.18 Å². The van der Waals surface area contributed by atoms with Gasteiger partial charge < -0.3 is 0 Å². The van der Waals surface area contributed by atoms with Gasteiger partial charge in [0.05, 0.1) is 5.54 Å². The van der Waals surface area contributed by atoms with Crippen molar-refractivity contribution in [2.45, 2.75) is 45.1 Å². The molecule has 1 aromatic rings. The van der Waals surface area contributed by atoms with Crippen LogP contribution in [0.1, 0.15) is 38.7 Å². The van der Waals surface area contributed by atoms with Gasteiger partial charge in [-0.1, -0.05) is 19.1 Å². The summed E-state index contributed by atoms with van der Waals surface area (Å²) in [5.41, 5.74) is 0.367. The highest BCUT2D eigenvalue weighted by atomic mass is 19.1. The van der Waals surface area contributed by atoms with Crippen LogP contribution in [-0.2, 0) is 11.2 Å². The van der Waals surface area contributed by atoms with Crippen molar-refractivity contribution in [1.82, 2.24) is 4.90 Å². The molecule has 0 radical (unpaired) electrons. The number of carbonyl (C=O) groups is 1. The molecule has 0 aromatic heterocycles. The number of ketones is 1. The van der Waals surface area contributed by atoms with Crippen LogP contribution < -0.4 is 0 Å². The third kappa shape index (κ3) is 3.03. The molecule has 0 spiro atoms. The molecule has 104 valence electrons. The largest absolute Gasteiger partial charge is 0.297 e. The Morgan fingerprint density at radius 2 is 2.05 bits per heavy atom. The van der Waals surface area contributed by atoms with Crippen molar-refractivity contribution in [1.29, 1.82) is 0 Å². The molecular weight excluding hydrogens is 241 g/mol. The minimum atomic E-state index is -0.400. The number of halogens is 1. The summed E-state index contributed by atoms with van der Waals surface area (Å²) < 4.78 is 13.2. The van der Waals surface area contributed by atoms with Gasteiger partial charge in [-0.25, -0.2) is 4.39 Å². The number of hydrogen-bond acceptors (Lipinski definition) is 2. The average Bonchev–Trinajstić information content (AvgIpc) is 2.92. The molecule has 0 amide bonds. The zero-order chi connectivity index (χ0) is 13.9. The normalized spacial score (nSPS) is 19.3. The minimum absolute atomic E-state index is 0.197. The molecule has 1 aliphatic heterocycles. The van der Waals surface area contributed by atoms with E-state index in [0.717, 1.165) is 25.1 Å². The highest BCUT2D eigenvalue weighted by Gasteiger charge is 2.38. The zero-order valence-corrected chi connectivity index (χ0v) is 11.8. The van der Waals surface area contributed by atoms with E-state index < -0.39 is 5.54 Å². The summed E-state index contributed by atoms with van der Waals surface area (Å²) >= 11 is 0. The van der Waals surface area contributed by atoms with Crippen LogP contribution in [0, 0.1) is 5.82 Å². The van der Waals surface area contributed by atoms with Gasteiger partial charge in [0.15, 0.2) is 5.78 Å². The van der Waals surface area contributed by atoms with Gasteiger partial charge in [-0.05, 0) is 57.0 Å². The van der Waals surface area contributed by atoms with Gasteiger partial charge in [-0.2, -0.15) is 0 Å². The molecule has 0 bridgehead atoms. The Labute approximate surface area is 114 Å². The molecule has 1 aliphatic rings. The first-order valence-electron chi connectivity index (χ1n) is 7.09. The summed E-state index contributed by atoms with van der Waals surface area (Å²) in [5.74, 6) is -0.0767. The minimum Gasteiger partial charge on any atom is -0.297 e. The molecule has 0 saturated carbocycles. The number of nitrogens with zero attached hydrogens (tertiary/aromatic N) is 1. The lowest BCUT2D eigenvalue weighted by Gasteiger charge is -2.36. The number of rotatable bonds is 5. The molecule has 1 fully saturated rings.